The minimum Gasteiger partial charge on any atom is -0.494 e. The molecule has 1 unspecified atom stereocenters. The van der Waals surface area contributed by atoms with Gasteiger partial charge in [-0.05, 0) is 54.9 Å². The number of hydrogen-bond acceptors (Lipinski definition) is 4. The quantitative estimate of drug-likeness (QED) is 0.513. The van der Waals surface area contributed by atoms with Gasteiger partial charge in [0.1, 0.15) is 23.1 Å². The van der Waals surface area contributed by atoms with E-state index < -0.39 is 0 Å². The first kappa shape index (κ1) is 17.9. The average Bonchev–Trinajstić information content (AvgIpc) is 2.66. The van der Waals surface area contributed by atoms with Gasteiger partial charge < -0.3 is 15.2 Å². The standard InChI is InChI=1S/C21H14Br2N2O2/c1-26-20-16(22)8-12(9-17(20)23)18-14-7-6-11-4-2-3-5-13(11)19(14)27-21(25)15(18)10-24/h2-9,18H,25H2,1H3. The first-order chi connectivity index (χ1) is 13.0. The molecule has 1 heterocycles. The molecule has 0 amide bonds. The highest BCUT2D eigenvalue weighted by molar-refractivity contribution is 9.11. The fourth-order valence-electron chi connectivity index (χ4n) is 3.47. The van der Waals surface area contributed by atoms with Gasteiger partial charge in [0.25, 0.3) is 0 Å². The Balaban J connectivity index is 2.00. The molecule has 0 radical (unpaired) electrons. The SMILES string of the molecule is COc1c(Br)cc(C2C(C#N)=C(N)Oc3c2ccc2ccccc32)cc1Br. The number of fused-ring (bicyclic) bond motifs is 3. The maximum atomic E-state index is 9.76. The third-order valence-corrected chi connectivity index (χ3v) is 5.84. The summed E-state index contributed by atoms with van der Waals surface area (Å²) in [4.78, 5) is 0. The van der Waals surface area contributed by atoms with E-state index in [0.29, 0.717) is 17.1 Å². The Kier molecular flexibility index (Phi) is 4.58. The van der Waals surface area contributed by atoms with Crippen molar-refractivity contribution in [3.05, 3.63) is 80.1 Å². The first-order valence-corrected chi connectivity index (χ1v) is 9.76. The smallest absolute Gasteiger partial charge is 0.205 e. The van der Waals surface area contributed by atoms with Gasteiger partial charge in [0.05, 0.1) is 22.0 Å². The second-order valence-corrected chi connectivity index (χ2v) is 7.86. The van der Waals surface area contributed by atoms with Crippen LogP contribution in [0.3, 0.4) is 0 Å². The normalized spacial score (nSPS) is 15.9. The van der Waals surface area contributed by atoms with Crippen molar-refractivity contribution in [2.45, 2.75) is 5.92 Å². The van der Waals surface area contributed by atoms with Crippen LogP contribution in [-0.2, 0) is 0 Å². The summed E-state index contributed by atoms with van der Waals surface area (Å²) in [5.74, 6) is 1.19. The molecule has 4 nitrogen and oxygen atoms in total. The van der Waals surface area contributed by atoms with Crippen LogP contribution in [0.5, 0.6) is 11.5 Å². The van der Waals surface area contributed by atoms with Crippen molar-refractivity contribution in [2.75, 3.05) is 7.11 Å². The Bertz CT molecular complexity index is 1130. The second kappa shape index (κ2) is 6.91. The zero-order valence-corrected chi connectivity index (χ0v) is 17.5. The summed E-state index contributed by atoms with van der Waals surface area (Å²) in [7, 11) is 1.61. The Labute approximate surface area is 173 Å². The van der Waals surface area contributed by atoms with Crippen molar-refractivity contribution >= 4 is 42.6 Å². The summed E-state index contributed by atoms with van der Waals surface area (Å²) in [6, 6.07) is 18.1. The van der Waals surface area contributed by atoms with E-state index in [1.54, 1.807) is 7.11 Å². The predicted molar refractivity (Wildman–Crippen MR) is 112 cm³/mol. The van der Waals surface area contributed by atoms with Crippen LogP contribution in [0.2, 0.25) is 0 Å². The fourth-order valence-corrected chi connectivity index (χ4v) is 5.02. The maximum absolute atomic E-state index is 9.76. The molecular weight excluding hydrogens is 472 g/mol. The van der Waals surface area contributed by atoms with Crippen LogP contribution >= 0.6 is 31.9 Å². The monoisotopic (exact) mass is 484 g/mol. The third kappa shape index (κ3) is 2.88. The van der Waals surface area contributed by atoms with Gasteiger partial charge in [0.15, 0.2) is 0 Å². The van der Waals surface area contributed by atoms with E-state index in [9.17, 15) is 5.26 Å². The molecule has 0 saturated heterocycles. The number of nitrogens with two attached hydrogens (primary N) is 1. The summed E-state index contributed by atoms with van der Waals surface area (Å²) in [6.07, 6.45) is 0. The average molecular weight is 486 g/mol. The van der Waals surface area contributed by atoms with Crippen LogP contribution in [0.25, 0.3) is 10.8 Å². The number of hydrogen-bond donors (Lipinski definition) is 1. The first-order valence-electron chi connectivity index (χ1n) is 8.17. The summed E-state index contributed by atoms with van der Waals surface area (Å²) in [5.41, 5.74) is 8.35. The van der Waals surface area contributed by atoms with E-state index in [-0.39, 0.29) is 11.8 Å². The van der Waals surface area contributed by atoms with Crippen molar-refractivity contribution < 1.29 is 9.47 Å². The van der Waals surface area contributed by atoms with Crippen molar-refractivity contribution in [1.29, 1.82) is 5.26 Å². The minimum absolute atomic E-state index is 0.134. The van der Waals surface area contributed by atoms with Crippen LogP contribution in [-0.4, -0.2) is 7.11 Å². The molecule has 0 saturated carbocycles. The lowest BCUT2D eigenvalue weighted by molar-refractivity contribution is 0.398. The Morgan fingerprint density at radius 3 is 2.48 bits per heavy atom. The van der Waals surface area contributed by atoms with E-state index in [4.69, 9.17) is 15.2 Å². The van der Waals surface area contributed by atoms with Gasteiger partial charge in [-0.3, -0.25) is 0 Å². The number of ether oxygens (including phenoxy) is 2. The van der Waals surface area contributed by atoms with Crippen molar-refractivity contribution in [2.24, 2.45) is 5.73 Å². The van der Waals surface area contributed by atoms with Crippen molar-refractivity contribution in [3.63, 3.8) is 0 Å². The van der Waals surface area contributed by atoms with Gasteiger partial charge in [-0.1, -0.05) is 36.4 Å². The Hall–Kier alpha value is -2.49. The molecule has 3 aromatic carbocycles. The van der Waals surface area contributed by atoms with Crippen LogP contribution < -0.4 is 15.2 Å². The van der Waals surface area contributed by atoms with E-state index in [2.05, 4.69) is 37.9 Å². The number of benzene rings is 3. The molecule has 1 aliphatic rings. The van der Waals surface area contributed by atoms with Crippen LogP contribution in [0.15, 0.2) is 68.9 Å². The summed E-state index contributed by atoms with van der Waals surface area (Å²) in [5, 5.41) is 11.8. The molecular formula is C21H14Br2N2O2. The summed E-state index contributed by atoms with van der Waals surface area (Å²) < 4.78 is 12.9. The molecule has 0 bridgehead atoms. The van der Waals surface area contributed by atoms with E-state index >= 15 is 0 Å². The molecule has 1 aliphatic heterocycles. The van der Waals surface area contributed by atoms with E-state index in [0.717, 1.165) is 30.8 Å². The lowest BCUT2D eigenvalue weighted by Gasteiger charge is -2.28. The molecule has 0 spiro atoms. The number of rotatable bonds is 2. The number of nitrogens with zero attached hydrogens (tertiary/aromatic N) is 1. The lowest BCUT2D eigenvalue weighted by atomic mass is 9.82. The van der Waals surface area contributed by atoms with Crippen molar-refractivity contribution in [1.82, 2.24) is 0 Å². The van der Waals surface area contributed by atoms with Crippen molar-refractivity contribution in [3.8, 4) is 17.6 Å². The molecule has 2 N–H and O–H groups in total. The fraction of sp³-hybridized carbons (Fsp3) is 0.0952. The molecule has 3 aromatic rings. The van der Waals surface area contributed by atoms with Gasteiger partial charge >= 0.3 is 0 Å². The molecule has 27 heavy (non-hydrogen) atoms. The van der Waals surface area contributed by atoms with E-state index in [1.165, 1.54) is 0 Å². The van der Waals surface area contributed by atoms with Gasteiger partial charge in [-0.25, -0.2) is 0 Å². The number of allylic oxidation sites excluding steroid dienone is 1. The molecule has 1 atom stereocenters. The zero-order chi connectivity index (χ0) is 19.1. The second-order valence-electron chi connectivity index (χ2n) is 6.15. The summed E-state index contributed by atoms with van der Waals surface area (Å²) in [6.45, 7) is 0. The molecule has 134 valence electrons. The number of methoxy groups -OCH3 is 1. The van der Waals surface area contributed by atoms with Crippen LogP contribution in [0, 0.1) is 11.3 Å². The van der Waals surface area contributed by atoms with Crippen LogP contribution in [0.4, 0.5) is 0 Å². The topological polar surface area (TPSA) is 68.3 Å². The zero-order valence-electron chi connectivity index (χ0n) is 14.3. The maximum Gasteiger partial charge on any atom is 0.205 e. The molecule has 0 aromatic heterocycles. The molecule has 4 rings (SSSR count). The van der Waals surface area contributed by atoms with Gasteiger partial charge in [-0.2, -0.15) is 5.26 Å². The number of nitriles is 1. The number of halogens is 2. The summed E-state index contributed by atoms with van der Waals surface area (Å²) >= 11 is 7.09. The minimum atomic E-state index is -0.332. The highest BCUT2D eigenvalue weighted by atomic mass is 79.9. The molecule has 0 fully saturated rings. The Morgan fingerprint density at radius 1 is 1.11 bits per heavy atom. The van der Waals surface area contributed by atoms with E-state index in [1.807, 2.05) is 48.5 Å². The van der Waals surface area contributed by atoms with Gasteiger partial charge in [0, 0.05) is 10.9 Å². The highest BCUT2D eigenvalue weighted by Crippen LogP contribution is 2.47. The highest BCUT2D eigenvalue weighted by Gasteiger charge is 2.32. The van der Waals surface area contributed by atoms with Crippen LogP contribution in [0.1, 0.15) is 17.0 Å². The molecule has 0 aliphatic carbocycles. The largest absolute Gasteiger partial charge is 0.494 e. The molecule has 6 heteroatoms. The Morgan fingerprint density at radius 2 is 1.81 bits per heavy atom. The predicted octanol–water partition coefficient (Wildman–Crippen LogP) is 5.59. The lowest BCUT2D eigenvalue weighted by Crippen LogP contribution is -2.21. The van der Waals surface area contributed by atoms with Gasteiger partial charge in [0.2, 0.25) is 5.88 Å². The third-order valence-electron chi connectivity index (χ3n) is 4.67. The van der Waals surface area contributed by atoms with Gasteiger partial charge in [-0.15, -0.1) is 0 Å².